The second-order valence-electron chi connectivity index (χ2n) is 7.20. The first-order valence-electron chi connectivity index (χ1n) is 9.39. The van der Waals surface area contributed by atoms with Crippen LogP contribution in [0.25, 0.3) is 0 Å². The van der Waals surface area contributed by atoms with E-state index in [1.54, 1.807) is 31.1 Å². The minimum atomic E-state index is -3.59. The van der Waals surface area contributed by atoms with Gasteiger partial charge in [0.2, 0.25) is 21.8 Å². The van der Waals surface area contributed by atoms with Crippen LogP contribution in [0.2, 0.25) is 0 Å². The summed E-state index contributed by atoms with van der Waals surface area (Å²) in [4.78, 5) is 26.4. The zero-order valence-electron chi connectivity index (χ0n) is 16.8. The number of benzene rings is 1. The maximum atomic E-state index is 12.5. The molecule has 1 fully saturated rings. The Morgan fingerprint density at radius 3 is 2.50 bits per heavy atom. The van der Waals surface area contributed by atoms with Crippen LogP contribution in [-0.4, -0.2) is 57.5 Å². The molecule has 0 spiro atoms. The number of ether oxygens (including phenoxy) is 1. The summed E-state index contributed by atoms with van der Waals surface area (Å²) >= 11 is 0. The van der Waals surface area contributed by atoms with Crippen LogP contribution in [0.1, 0.15) is 33.6 Å². The third kappa shape index (κ3) is 5.52. The number of anilines is 1. The lowest BCUT2D eigenvalue weighted by Gasteiger charge is -2.23. The van der Waals surface area contributed by atoms with E-state index in [-0.39, 0.29) is 35.2 Å². The van der Waals surface area contributed by atoms with Crippen molar-refractivity contribution in [1.29, 1.82) is 0 Å². The molecule has 156 valence electrons. The predicted molar refractivity (Wildman–Crippen MR) is 106 cm³/mol. The number of carbonyl (C=O) groups is 2. The highest BCUT2D eigenvalue weighted by atomic mass is 32.2. The number of amides is 2. The van der Waals surface area contributed by atoms with Gasteiger partial charge in [-0.1, -0.05) is 6.92 Å². The SMILES string of the molecule is CC[C@H](C)NS(=O)(=O)c1ccc(NC(=O)[C@H]2CC(=O)N([C@@H](C)COC)C2)cc1. The smallest absolute Gasteiger partial charge is 0.240 e. The Balaban J connectivity index is 1.99. The summed E-state index contributed by atoms with van der Waals surface area (Å²) in [6.07, 6.45) is 0.846. The normalized spacial score (nSPS) is 19.5. The van der Waals surface area contributed by atoms with E-state index in [1.165, 1.54) is 12.1 Å². The Bertz CT molecular complexity index is 794. The zero-order chi connectivity index (χ0) is 20.9. The maximum Gasteiger partial charge on any atom is 0.240 e. The zero-order valence-corrected chi connectivity index (χ0v) is 17.6. The van der Waals surface area contributed by atoms with E-state index in [1.807, 2.05) is 13.8 Å². The van der Waals surface area contributed by atoms with Gasteiger partial charge in [-0.3, -0.25) is 9.59 Å². The first-order valence-corrected chi connectivity index (χ1v) is 10.9. The first-order chi connectivity index (χ1) is 13.2. The number of nitrogens with one attached hydrogen (secondary N) is 2. The van der Waals surface area contributed by atoms with Crippen molar-refractivity contribution >= 4 is 27.5 Å². The van der Waals surface area contributed by atoms with Crippen LogP contribution < -0.4 is 10.0 Å². The maximum absolute atomic E-state index is 12.5. The van der Waals surface area contributed by atoms with Crippen LogP contribution in [0.5, 0.6) is 0 Å². The van der Waals surface area contributed by atoms with Crippen LogP contribution in [0.3, 0.4) is 0 Å². The molecule has 1 aliphatic rings. The highest BCUT2D eigenvalue weighted by Crippen LogP contribution is 2.23. The van der Waals surface area contributed by atoms with E-state index in [0.29, 0.717) is 25.3 Å². The standard InChI is InChI=1S/C19H29N3O5S/c1-5-13(2)21-28(25,26)17-8-6-16(7-9-17)20-19(24)15-10-18(23)22(11-15)14(3)12-27-4/h6-9,13-15,21H,5,10-12H2,1-4H3,(H,20,24)/t13-,14-,15-/m0/s1. The average molecular weight is 412 g/mol. The molecule has 3 atom stereocenters. The van der Waals surface area contributed by atoms with Crippen LogP contribution >= 0.6 is 0 Å². The molecule has 1 saturated heterocycles. The number of methoxy groups -OCH3 is 1. The molecule has 0 aliphatic carbocycles. The molecule has 1 aliphatic heterocycles. The fraction of sp³-hybridized carbons (Fsp3) is 0.579. The second kappa shape index (κ2) is 9.49. The number of likely N-dealkylation sites (tertiary alicyclic amines) is 1. The molecule has 2 amide bonds. The molecule has 2 rings (SSSR count). The summed E-state index contributed by atoms with van der Waals surface area (Å²) in [5.41, 5.74) is 0.489. The summed E-state index contributed by atoms with van der Waals surface area (Å²) in [5, 5.41) is 2.76. The Hall–Kier alpha value is -1.97. The van der Waals surface area contributed by atoms with Crippen molar-refractivity contribution in [1.82, 2.24) is 9.62 Å². The number of sulfonamides is 1. The van der Waals surface area contributed by atoms with E-state index in [2.05, 4.69) is 10.0 Å². The van der Waals surface area contributed by atoms with Gasteiger partial charge in [-0.05, 0) is 44.5 Å². The number of carbonyl (C=O) groups excluding carboxylic acids is 2. The van der Waals surface area contributed by atoms with Crippen molar-refractivity contribution in [3.63, 3.8) is 0 Å². The highest BCUT2D eigenvalue weighted by molar-refractivity contribution is 7.89. The molecule has 0 aromatic heterocycles. The molecule has 0 saturated carbocycles. The molecule has 0 radical (unpaired) electrons. The van der Waals surface area contributed by atoms with Gasteiger partial charge in [0.05, 0.1) is 23.5 Å². The second-order valence-corrected chi connectivity index (χ2v) is 8.91. The van der Waals surface area contributed by atoms with E-state index in [0.717, 1.165) is 0 Å². The predicted octanol–water partition coefficient (Wildman–Crippen LogP) is 1.59. The van der Waals surface area contributed by atoms with Gasteiger partial charge in [0.15, 0.2) is 0 Å². The summed E-state index contributed by atoms with van der Waals surface area (Å²) in [6, 6.07) is 5.75. The molecule has 9 heteroatoms. The summed E-state index contributed by atoms with van der Waals surface area (Å²) < 4.78 is 32.2. The van der Waals surface area contributed by atoms with Gasteiger partial charge in [-0.2, -0.15) is 0 Å². The molecule has 28 heavy (non-hydrogen) atoms. The van der Waals surface area contributed by atoms with Crippen molar-refractivity contribution in [3.05, 3.63) is 24.3 Å². The van der Waals surface area contributed by atoms with Crippen molar-refractivity contribution in [2.24, 2.45) is 5.92 Å². The van der Waals surface area contributed by atoms with Gasteiger partial charge >= 0.3 is 0 Å². The minimum Gasteiger partial charge on any atom is -0.383 e. The van der Waals surface area contributed by atoms with E-state index < -0.39 is 15.9 Å². The van der Waals surface area contributed by atoms with E-state index in [9.17, 15) is 18.0 Å². The topological polar surface area (TPSA) is 105 Å². The highest BCUT2D eigenvalue weighted by Gasteiger charge is 2.36. The van der Waals surface area contributed by atoms with Gasteiger partial charge < -0.3 is 15.0 Å². The average Bonchev–Trinajstić information content (AvgIpc) is 3.04. The van der Waals surface area contributed by atoms with Gasteiger partial charge in [-0.25, -0.2) is 13.1 Å². The van der Waals surface area contributed by atoms with E-state index >= 15 is 0 Å². The Kier molecular flexibility index (Phi) is 7.56. The van der Waals surface area contributed by atoms with Crippen LogP contribution in [-0.2, 0) is 24.3 Å². The third-order valence-corrected chi connectivity index (χ3v) is 6.48. The van der Waals surface area contributed by atoms with Crippen molar-refractivity contribution in [3.8, 4) is 0 Å². The lowest BCUT2D eigenvalue weighted by Crippen LogP contribution is -2.38. The van der Waals surface area contributed by atoms with Crippen molar-refractivity contribution < 1.29 is 22.7 Å². The fourth-order valence-electron chi connectivity index (χ4n) is 3.04. The van der Waals surface area contributed by atoms with Crippen LogP contribution in [0.4, 0.5) is 5.69 Å². The Morgan fingerprint density at radius 2 is 1.93 bits per heavy atom. The first kappa shape index (κ1) is 22.3. The molecule has 0 bridgehead atoms. The summed E-state index contributed by atoms with van der Waals surface area (Å²) in [6.45, 7) is 6.35. The number of hydrogen-bond acceptors (Lipinski definition) is 5. The molecule has 1 heterocycles. The molecule has 1 aromatic carbocycles. The third-order valence-electron chi connectivity index (χ3n) is 4.87. The van der Waals surface area contributed by atoms with Gasteiger partial charge in [0.25, 0.3) is 0 Å². The Morgan fingerprint density at radius 1 is 1.29 bits per heavy atom. The number of hydrogen-bond donors (Lipinski definition) is 2. The summed E-state index contributed by atoms with van der Waals surface area (Å²) in [5.74, 6) is -0.765. The molecular formula is C19H29N3O5S. The molecule has 1 aromatic rings. The fourth-order valence-corrected chi connectivity index (χ4v) is 4.37. The monoisotopic (exact) mass is 411 g/mol. The summed E-state index contributed by atoms with van der Waals surface area (Å²) in [7, 11) is -2.02. The lowest BCUT2D eigenvalue weighted by molar-refractivity contribution is -0.130. The Labute approximate surface area is 166 Å². The van der Waals surface area contributed by atoms with Crippen molar-refractivity contribution in [2.45, 2.75) is 50.6 Å². The molecule has 0 unspecified atom stereocenters. The van der Waals surface area contributed by atoms with E-state index in [4.69, 9.17) is 4.74 Å². The quantitative estimate of drug-likeness (QED) is 0.642. The number of nitrogens with zero attached hydrogens (tertiary/aromatic N) is 1. The minimum absolute atomic E-state index is 0.0674. The molecule has 8 nitrogen and oxygen atoms in total. The largest absolute Gasteiger partial charge is 0.383 e. The van der Waals surface area contributed by atoms with Gasteiger partial charge in [-0.15, -0.1) is 0 Å². The lowest BCUT2D eigenvalue weighted by atomic mass is 10.1. The molecular weight excluding hydrogens is 382 g/mol. The van der Waals surface area contributed by atoms with Crippen molar-refractivity contribution in [2.75, 3.05) is 25.6 Å². The van der Waals surface area contributed by atoms with Gasteiger partial charge in [0, 0.05) is 31.8 Å². The molecule has 2 N–H and O–H groups in total. The number of rotatable bonds is 9. The van der Waals surface area contributed by atoms with Crippen LogP contribution in [0.15, 0.2) is 29.2 Å². The van der Waals surface area contributed by atoms with Crippen LogP contribution in [0, 0.1) is 5.92 Å². The van der Waals surface area contributed by atoms with Gasteiger partial charge in [0.1, 0.15) is 0 Å².